The average Bonchev–Trinajstić information content (AvgIpc) is 3.36. The van der Waals surface area contributed by atoms with Crippen LogP contribution in [0.15, 0.2) is 30.9 Å². The Hall–Kier alpha value is -2.79. The molecule has 1 unspecified atom stereocenters. The predicted molar refractivity (Wildman–Crippen MR) is 105 cm³/mol. The maximum atomic E-state index is 14.7. The number of fused-ring (bicyclic) bond motifs is 2. The van der Waals surface area contributed by atoms with Crippen molar-refractivity contribution in [2.75, 3.05) is 19.5 Å². The lowest BCUT2D eigenvalue weighted by atomic mass is 10.2. The molecule has 2 aliphatic heterocycles. The van der Waals surface area contributed by atoms with Crippen molar-refractivity contribution in [3.05, 3.63) is 36.4 Å². The first-order valence-electron chi connectivity index (χ1n) is 9.44. The molecule has 0 saturated carbocycles. The third-order valence-corrected chi connectivity index (χ3v) is 6.40. The molecule has 13 heteroatoms. The van der Waals surface area contributed by atoms with Crippen molar-refractivity contribution < 1.29 is 32.0 Å². The third-order valence-electron chi connectivity index (χ3n) is 5.07. The van der Waals surface area contributed by atoms with Crippen LogP contribution >= 0.6 is 7.82 Å². The van der Waals surface area contributed by atoms with Crippen LogP contribution in [0, 0.1) is 0 Å². The zero-order valence-electron chi connectivity index (χ0n) is 16.4. The summed E-state index contributed by atoms with van der Waals surface area (Å²) in [5.74, 6) is 1.20. The van der Waals surface area contributed by atoms with Crippen LogP contribution < -0.4 is 15.0 Å². The van der Waals surface area contributed by atoms with Gasteiger partial charge in [-0.3, -0.25) is 13.6 Å². The lowest BCUT2D eigenvalue weighted by molar-refractivity contribution is -0.0362. The first kappa shape index (κ1) is 20.1. The number of aromatic nitrogens is 4. The van der Waals surface area contributed by atoms with E-state index in [1.807, 2.05) is 0 Å². The van der Waals surface area contributed by atoms with Crippen LogP contribution in [-0.4, -0.2) is 45.5 Å². The molecule has 0 aliphatic carbocycles. The second-order valence-corrected chi connectivity index (χ2v) is 8.66. The molecule has 5 rings (SSSR count). The van der Waals surface area contributed by atoms with E-state index in [9.17, 15) is 8.96 Å². The minimum atomic E-state index is -3.87. The molecular weight excluding hydrogens is 432 g/mol. The summed E-state index contributed by atoms with van der Waals surface area (Å²) < 4.78 is 56.1. The number of alkyl halides is 1. The van der Waals surface area contributed by atoms with Gasteiger partial charge in [0.15, 0.2) is 17.7 Å². The van der Waals surface area contributed by atoms with E-state index < -0.39 is 26.3 Å². The van der Waals surface area contributed by atoms with E-state index >= 15 is 0 Å². The molecule has 4 heterocycles. The quantitative estimate of drug-likeness (QED) is 0.577. The van der Waals surface area contributed by atoms with Crippen molar-refractivity contribution in [1.82, 2.24) is 19.5 Å². The second-order valence-electron chi connectivity index (χ2n) is 7.06. The highest BCUT2D eigenvalue weighted by Crippen LogP contribution is 2.55. The van der Waals surface area contributed by atoms with Gasteiger partial charge in [0.25, 0.3) is 0 Å². The SMILES string of the molecule is COc1ccc2c(c1)COP(=O)(OC[C@@H]1C[C@H](F)[C@H](n3cnc4c(N)ncnc43)O1)O2. The summed E-state index contributed by atoms with van der Waals surface area (Å²) in [5, 5.41) is 0. The summed E-state index contributed by atoms with van der Waals surface area (Å²) in [4.78, 5) is 12.1. The molecule has 0 radical (unpaired) electrons. The van der Waals surface area contributed by atoms with Gasteiger partial charge in [0.05, 0.1) is 32.8 Å². The molecule has 164 valence electrons. The lowest BCUT2D eigenvalue weighted by Gasteiger charge is -2.25. The molecule has 3 aromatic rings. The van der Waals surface area contributed by atoms with Crippen molar-refractivity contribution in [3.63, 3.8) is 0 Å². The molecule has 0 bridgehead atoms. The van der Waals surface area contributed by atoms with Crippen LogP contribution in [-0.2, 0) is 25.0 Å². The smallest absolute Gasteiger partial charge is 0.497 e. The van der Waals surface area contributed by atoms with E-state index in [1.165, 1.54) is 17.2 Å². The Morgan fingerprint density at radius 1 is 1.35 bits per heavy atom. The standard InChI is InChI=1S/C18H19FN5O6P/c1-26-11-2-3-14-10(4-11)6-27-31(25,30-14)28-7-12-5-13(19)18(29-12)24-9-23-15-16(20)21-8-22-17(15)24/h2-4,8-9,12-13,18H,5-7H2,1H3,(H2,20,21,22)/t12-,13-,18+,31?/m0/s1. The molecule has 1 saturated heterocycles. The number of hydrogen-bond acceptors (Lipinski definition) is 10. The summed E-state index contributed by atoms with van der Waals surface area (Å²) >= 11 is 0. The van der Waals surface area contributed by atoms with Gasteiger partial charge in [-0.2, -0.15) is 0 Å². The fraction of sp³-hybridized carbons (Fsp3) is 0.389. The summed E-state index contributed by atoms with van der Waals surface area (Å²) in [5.41, 5.74) is 7.19. The molecule has 2 N–H and O–H groups in total. The molecule has 11 nitrogen and oxygen atoms in total. The number of methoxy groups -OCH3 is 1. The molecule has 2 aliphatic rings. The fourth-order valence-electron chi connectivity index (χ4n) is 3.53. The fourth-order valence-corrected chi connectivity index (χ4v) is 4.77. The van der Waals surface area contributed by atoms with E-state index in [0.717, 1.165) is 0 Å². The minimum Gasteiger partial charge on any atom is -0.497 e. The zero-order valence-corrected chi connectivity index (χ0v) is 17.3. The third kappa shape index (κ3) is 3.72. The molecule has 0 spiro atoms. The topological polar surface area (TPSA) is 133 Å². The van der Waals surface area contributed by atoms with Crippen LogP contribution in [0.25, 0.3) is 11.2 Å². The van der Waals surface area contributed by atoms with Crippen molar-refractivity contribution in [2.24, 2.45) is 0 Å². The number of anilines is 1. The number of hydrogen-bond donors (Lipinski definition) is 1. The Labute approximate surface area is 175 Å². The van der Waals surface area contributed by atoms with Gasteiger partial charge in [-0.05, 0) is 18.2 Å². The van der Waals surface area contributed by atoms with Gasteiger partial charge in [0.1, 0.15) is 29.5 Å². The number of rotatable bonds is 5. The number of halogens is 1. The predicted octanol–water partition coefficient (Wildman–Crippen LogP) is 2.78. The molecule has 31 heavy (non-hydrogen) atoms. The highest BCUT2D eigenvalue weighted by molar-refractivity contribution is 7.49. The van der Waals surface area contributed by atoms with Crippen molar-refractivity contribution >= 4 is 24.8 Å². The van der Waals surface area contributed by atoms with E-state index in [4.69, 9.17) is 28.8 Å². The normalized spacial score (nSPS) is 27.7. The molecule has 1 aromatic carbocycles. The summed E-state index contributed by atoms with van der Waals surface area (Å²) in [6, 6.07) is 5.03. The molecular formula is C18H19FN5O6P. The van der Waals surface area contributed by atoms with Gasteiger partial charge in [0, 0.05) is 12.0 Å². The number of benzene rings is 1. The van der Waals surface area contributed by atoms with Gasteiger partial charge in [-0.15, -0.1) is 0 Å². The number of phosphoric acid groups is 1. The number of ether oxygens (including phenoxy) is 2. The van der Waals surface area contributed by atoms with E-state index in [-0.39, 0.29) is 25.5 Å². The first-order valence-corrected chi connectivity index (χ1v) is 10.9. The largest absolute Gasteiger partial charge is 0.530 e. The molecule has 4 atom stereocenters. The van der Waals surface area contributed by atoms with Crippen LogP contribution in [0.5, 0.6) is 11.5 Å². The lowest BCUT2D eigenvalue weighted by Crippen LogP contribution is -2.19. The summed E-state index contributed by atoms with van der Waals surface area (Å²) in [6.45, 7) is -0.144. The van der Waals surface area contributed by atoms with E-state index in [0.29, 0.717) is 28.2 Å². The maximum absolute atomic E-state index is 14.7. The van der Waals surface area contributed by atoms with Crippen LogP contribution in [0.1, 0.15) is 18.2 Å². The Morgan fingerprint density at radius 3 is 3.06 bits per heavy atom. The Morgan fingerprint density at radius 2 is 2.23 bits per heavy atom. The van der Waals surface area contributed by atoms with E-state index in [1.54, 1.807) is 25.3 Å². The highest BCUT2D eigenvalue weighted by atomic mass is 31.2. The number of nitrogen functional groups attached to an aromatic ring is 1. The number of nitrogens with two attached hydrogens (primary N) is 1. The average molecular weight is 451 g/mol. The Balaban J connectivity index is 1.25. The zero-order chi connectivity index (χ0) is 21.6. The first-order chi connectivity index (χ1) is 15.0. The van der Waals surface area contributed by atoms with Crippen LogP contribution in [0.4, 0.5) is 10.2 Å². The van der Waals surface area contributed by atoms with Gasteiger partial charge in [-0.1, -0.05) is 0 Å². The maximum Gasteiger partial charge on any atom is 0.530 e. The summed E-state index contributed by atoms with van der Waals surface area (Å²) in [7, 11) is -2.32. The van der Waals surface area contributed by atoms with Crippen molar-refractivity contribution in [1.29, 1.82) is 0 Å². The van der Waals surface area contributed by atoms with Gasteiger partial charge in [0.2, 0.25) is 0 Å². The Kier molecular flexibility index (Phi) is 5.01. The minimum absolute atomic E-state index is 0.0265. The summed E-state index contributed by atoms with van der Waals surface area (Å²) in [6.07, 6.45) is -0.308. The van der Waals surface area contributed by atoms with Crippen molar-refractivity contribution in [2.45, 2.75) is 31.5 Å². The monoisotopic (exact) mass is 451 g/mol. The van der Waals surface area contributed by atoms with Crippen LogP contribution in [0.2, 0.25) is 0 Å². The second kappa shape index (κ2) is 7.72. The number of nitrogens with zero attached hydrogens (tertiary/aromatic N) is 4. The van der Waals surface area contributed by atoms with E-state index in [2.05, 4.69) is 15.0 Å². The molecule has 2 aromatic heterocycles. The Bertz CT molecular complexity index is 1180. The number of imidazole rings is 1. The number of phosphoric ester groups is 1. The van der Waals surface area contributed by atoms with Crippen LogP contribution in [0.3, 0.4) is 0 Å². The van der Waals surface area contributed by atoms with Crippen molar-refractivity contribution in [3.8, 4) is 11.5 Å². The van der Waals surface area contributed by atoms with Gasteiger partial charge >= 0.3 is 7.82 Å². The van der Waals surface area contributed by atoms with Gasteiger partial charge < -0.3 is 19.7 Å². The molecule has 1 fully saturated rings. The molecule has 0 amide bonds. The highest BCUT2D eigenvalue weighted by Gasteiger charge is 2.41. The van der Waals surface area contributed by atoms with Gasteiger partial charge in [-0.25, -0.2) is 23.9 Å².